The van der Waals surface area contributed by atoms with Gasteiger partial charge in [0.25, 0.3) is 0 Å². The molecule has 5 aliphatic rings. The molecule has 8 heteroatoms. The Hall–Kier alpha value is -2.90. The number of nitrogens with zero attached hydrogens (tertiary/aromatic N) is 1. The number of esters is 2. The van der Waals surface area contributed by atoms with E-state index in [1.54, 1.807) is 6.92 Å². The highest BCUT2D eigenvalue weighted by Crippen LogP contribution is 2.68. The number of amides is 1. The van der Waals surface area contributed by atoms with Gasteiger partial charge in [0.1, 0.15) is 24.0 Å². The van der Waals surface area contributed by atoms with Crippen molar-refractivity contribution in [1.29, 1.82) is 0 Å². The number of likely N-dealkylation sites (tertiary alicyclic amines) is 1. The van der Waals surface area contributed by atoms with E-state index in [1.807, 2.05) is 37.3 Å². The summed E-state index contributed by atoms with van der Waals surface area (Å²) in [4.78, 5) is 52.5. The van der Waals surface area contributed by atoms with E-state index in [9.17, 15) is 19.2 Å². The second kappa shape index (κ2) is 12.4. The number of ether oxygens (including phenoxy) is 3. The first kappa shape index (κ1) is 32.1. The summed E-state index contributed by atoms with van der Waals surface area (Å²) in [6, 6.07) is 8.64. The van der Waals surface area contributed by atoms with E-state index in [0.717, 1.165) is 44.1 Å². The van der Waals surface area contributed by atoms with Gasteiger partial charge in [0, 0.05) is 12.5 Å². The van der Waals surface area contributed by atoms with Gasteiger partial charge in [-0.05, 0) is 125 Å². The fourth-order valence-corrected chi connectivity index (χ4v) is 10.7. The first-order chi connectivity index (χ1) is 21.4. The Kier molecular flexibility index (Phi) is 8.81. The van der Waals surface area contributed by atoms with Crippen LogP contribution in [0.1, 0.15) is 104 Å². The Morgan fingerprint density at radius 1 is 0.844 bits per heavy atom. The van der Waals surface area contributed by atoms with Crippen molar-refractivity contribution in [2.45, 2.75) is 117 Å². The molecular formula is C37H51NO7. The number of carbonyl (C=O) groups is 4. The molecule has 0 bridgehead atoms. The molecule has 1 heterocycles. The predicted octanol–water partition coefficient (Wildman–Crippen LogP) is 6.88. The average Bonchev–Trinajstić information content (AvgIpc) is 3.65. The fourth-order valence-electron chi connectivity index (χ4n) is 10.7. The zero-order chi connectivity index (χ0) is 32.0. The van der Waals surface area contributed by atoms with Gasteiger partial charge in [-0.1, -0.05) is 44.2 Å². The molecule has 0 aromatic heterocycles. The third-order valence-corrected chi connectivity index (χ3v) is 13.1. The molecule has 1 amide bonds. The Morgan fingerprint density at radius 3 is 2.36 bits per heavy atom. The summed E-state index contributed by atoms with van der Waals surface area (Å²) in [6.07, 6.45) is 10.1. The monoisotopic (exact) mass is 621 g/mol. The molecule has 1 aromatic rings. The molecule has 9 atom stereocenters. The summed E-state index contributed by atoms with van der Waals surface area (Å²) < 4.78 is 16.9. The van der Waals surface area contributed by atoms with Crippen LogP contribution in [-0.2, 0) is 35.2 Å². The molecule has 0 unspecified atom stereocenters. The molecular weight excluding hydrogens is 570 g/mol. The molecule has 246 valence electrons. The zero-order valence-electron chi connectivity index (χ0n) is 27.6. The van der Waals surface area contributed by atoms with Crippen LogP contribution in [0.4, 0.5) is 4.79 Å². The number of rotatable bonds is 7. The van der Waals surface area contributed by atoms with E-state index in [0.29, 0.717) is 48.8 Å². The summed E-state index contributed by atoms with van der Waals surface area (Å²) in [6.45, 7) is 8.79. The van der Waals surface area contributed by atoms with E-state index in [2.05, 4.69) is 13.8 Å². The SMILES string of the molecule is CC(=O)[C@H]1CC[C@H]2[C@@H]3CC[C@H]4C[C@](C)(OC(=O)COC(=O)[C@H]5CCCN5C(=O)OCc5ccccc5)CC[C@]4(C)[C@H]3CC[C@]12C. The minimum Gasteiger partial charge on any atom is -0.457 e. The van der Waals surface area contributed by atoms with Crippen LogP contribution in [0.25, 0.3) is 0 Å². The van der Waals surface area contributed by atoms with Crippen molar-refractivity contribution in [3.63, 3.8) is 0 Å². The number of Topliss-reactive ketones (excluding diaryl/α,β-unsaturated/α-hetero) is 1. The maximum atomic E-state index is 13.0. The van der Waals surface area contributed by atoms with Gasteiger partial charge in [0.15, 0.2) is 6.61 Å². The molecule has 4 aliphatic carbocycles. The van der Waals surface area contributed by atoms with Gasteiger partial charge in [-0.3, -0.25) is 9.69 Å². The summed E-state index contributed by atoms with van der Waals surface area (Å²) >= 11 is 0. The highest BCUT2D eigenvalue weighted by molar-refractivity contribution is 5.84. The lowest BCUT2D eigenvalue weighted by Gasteiger charge is -2.62. The summed E-state index contributed by atoms with van der Waals surface area (Å²) in [5.74, 6) is 1.95. The average molecular weight is 622 g/mol. The summed E-state index contributed by atoms with van der Waals surface area (Å²) in [7, 11) is 0. The molecule has 8 nitrogen and oxygen atoms in total. The number of ketones is 1. The van der Waals surface area contributed by atoms with Gasteiger partial charge >= 0.3 is 18.0 Å². The normalized spacial score (nSPS) is 38.8. The van der Waals surface area contributed by atoms with Crippen molar-refractivity contribution >= 4 is 23.8 Å². The molecule has 45 heavy (non-hydrogen) atoms. The number of hydrogen-bond acceptors (Lipinski definition) is 7. The van der Waals surface area contributed by atoms with Crippen LogP contribution in [0.2, 0.25) is 0 Å². The first-order valence-electron chi connectivity index (χ1n) is 17.3. The van der Waals surface area contributed by atoms with Crippen LogP contribution in [0.3, 0.4) is 0 Å². The minimum atomic E-state index is -0.759. The largest absolute Gasteiger partial charge is 0.457 e. The second-order valence-electron chi connectivity index (χ2n) is 15.6. The van der Waals surface area contributed by atoms with Crippen molar-refractivity contribution in [1.82, 2.24) is 4.90 Å². The molecule has 0 N–H and O–H groups in total. The van der Waals surface area contributed by atoms with E-state index < -0.39 is 36.3 Å². The lowest BCUT2D eigenvalue weighted by atomic mass is 9.44. The molecule has 1 aliphatic heterocycles. The second-order valence-corrected chi connectivity index (χ2v) is 15.6. The van der Waals surface area contributed by atoms with Crippen molar-refractivity contribution in [3.8, 4) is 0 Å². The van der Waals surface area contributed by atoms with Crippen molar-refractivity contribution in [2.24, 2.45) is 40.4 Å². The van der Waals surface area contributed by atoms with Crippen LogP contribution in [0.15, 0.2) is 30.3 Å². The lowest BCUT2D eigenvalue weighted by Crippen LogP contribution is -2.56. The number of fused-ring (bicyclic) bond motifs is 5. The highest BCUT2D eigenvalue weighted by atomic mass is 16.6. The van der Waals surface area contributed by atoms with Crippen molar-refractivity contribution in [3.05, 3.63) is 35.9 Å². The molecule has 5 fully saturated rings. The highest BCUT2D eigenvalue weighted by Gasteiger charge is 2.62. The van der Waals surface area contributed by atoms with Crippen molar-refractivity contribution in [2.75, 3.05) is 13.2 Å². The van der Waals surface area contributed by atoms with Crippen LogP contribution >= 0.6 is 0 Å². The first-order valence-corrected chi connectivity index (χ1v) is 17.3. The van der Waals surface area contributed by atoms with E-state index >= 15 is 0 Å². The standard InChI is InChI=1S/C37H51NO7/c1-24(39)28-14-15-29-27-13-12-26-21-35(2,18-19-36(26,3)30(27)16-17-37(28,29)4)45-32(40)23-43-33(41)31-11-8-20-38(31)34(42)44-22-25-9-6-5-7-10-25/h5-7,9-10,26-31H,8,11-23H2,1-4H3/t26-,27-,28+,29-,30-,31+,35+,36-,37+/m0/s1. The lowest BCUT2D eigenvalue weighted by molar-refractivity contribution is -0.187. The van der Waals surface area contributed by atoms with Crippen LogP contribution in [-0.4, -0.2) is 53.5 Å². The quantitative estimate of drug-likeness (QED) is 0.242. The number of carbonyl (C=O) groups excluding carboxylic acids is 4. The van der Waals surface area contributed by atoms with Crippen LogP contribution in [0, 0.1) is 40.4 Å². The smallest absolute Gasteiger partial charge is 0.410 e. The Balaban J connectivity index is 1.000. The third-order valence-electron chi connectivity index (χ3n) is 13.1. The van der Waals surface area contributed by atoms with Gasteiger partial charge in [-0.2, -0.15) is 0 Å². The predicted molar refractivity (Wildman–Crippen MR) is 168 cm³/mol. The molecule has 4 saturated carbocycles. The molecule has 6 rings (SSSR count). The Labute approximate surface area is 267 Å². The summed E-state index contributed by atoms with van der Waals surface area (Å²) in [5.41, 5.74) is 0.662. The van der Waals surface area contributed by atoms with Gasteiger partial charge in [-0.15, -0.1) is 0 Å². The van der Waals surface area contributed by atoms with E-state index in [-0.39, 0.29) is 23.4 Å². The minimum absolute atomic E-state index is 0.130. The van der Waals surface area contributed by atoms with Gasteiger partial charge in [0.2, 0.25) is 0 Å². The third kappa shape index (κ3) is 6.03. The fraction of sp³-hybridized carbons (Fsp3) is 0.730. The summed E-state index contributed by atoms with van der Waals surface area (Å²) in [5, 5.41) is 0. The molecule has 0 radical (unpaired) electrons. The van der Waals surface area contributed by atoms with Gasteiger partial charge < -0.3 is 14.2 Å². The number of benzene rings is 1. The van der Waals surface area contributed by atoms with Crippen LogP contribution < -0.4 is 0 Å². The van der Waals surface area contributed by atoms with E-state index in [1.165, 1.54) is 24.2 Å². The van der Waals surface area contributed by atoms with Gasteiger partial charge in [-0.25, -0.2) is 14.4 Å². The number of hydrogen-bond donors (Lipinski definition) is 0. The molecule has 0 spiro atoms. The van der Waals surface area contributed by atoms with Crippen LogP contribution in [0.5, 0.6) is 0 Å². The Morgan fingerprint density at radius 2 is 1.60 bits per heavy atom. The molecule has 1 aromatic carbocycles. The Bertz CT molecular complexity index is 1300. The topological polar surface area (TPSA) is 99.2 Å². The maximum absolute atomic E-state index is 13.0. The molecule has 1 saturated heterocycles. The van der Waals surface area contributed by atoms with E-state index in [4.69, 9.17) is 14.2 Å². The van der Waals surface area contributed by atoms with Gasteiger partial charge in [0.05, 0.1) is 0 Å². The maximum Gasteiger partial charge on any atom is 0.410 e. The van der Waals surface area contributed by atoms with Crippen molar-refractivity contribution < 1.29 is 33.4 Å². The zero-order valence-corrected chi connectivity index (χ0v) is 27.6.